The summed E-state index contributed by atoms with van der Waals surface area (Å²) in [6, 6.07) is 17.5. The van der Waals surface area contributed by atoms with Crippen molar-refractivity contribution in [3.63, 3.8) is 0 Å². The van der Waals surface area contributed by atoms with Crippen molar-refractivity contribution in [2.24, 2.45) is 5.92 Å². The second-order valence-electron chi connectivity index (χ2n) is 6.16. The lowest BCUT2D eigenvalue weighted by Gasteiger charge is -2.21. The van der Waals surface area contributed by atoms with Crippen LogP contribution in [-0.2, 0) is 16.0 Å². The Kier molecular flexibility index (Phi) is 4.65. The molecule has 2 aromatic rings. The van der Waals surface area contributed by atoms with Gasteiger partial charge in [-0.1, -0.05) is 37.3 Å². The molecule has 1 fully saturated rings. The minimum atomic E-state index is -0.298. The summed E-state index contributed by atoms with van der Waals surface area (Å²) in [6.45, 7) is 2.55. The zero-order valence-electron chi connectivity index (χ0n) is 14.1. The molecule has 0 aromatic heterocycles. The largest absolute Gasteiger partial charge is 0.315 e. The van der Waals surface area contributed by atoms with Crippen molar-refractivity contribution >= 4 is 23.2 Å². The summed E-state index contributed by atoms with van der Waals surface area (Å²) in [5.74, 6) is -0.296. The number of benzene rings is 2. The highest BCUT2D eigenvalue weighted by Gasteiger charge is 2.36. The number of carbonyl (C=O) groups excluding carboxylic acids is 2. The van der Waals surface area contributed by atoms with Crippen LogP contribution in [0.4, 0.5) is 11.4 Å². The zero-order chi connectivity index (χ0) is 17.1. The van der Waals surface area contributed by atoms with Gasteiger partial charge in [0, 0.05) is 31.4 Å². The minimum absolute atomic E-state index is 0.0118. The molecule has 0 spiro atoms. The molecule has 2 aromatic carbocycles. The van der Waals surface area contributed by atoms with E-state index in [0.717, 1.165) is 17.8 Å². The van der Waals surface area contributed by atoms with E-state index in [4.69, 9.17) is 0 Å². The average molecular weight is 322 g/mol. The molecule has 1 aliphatic heterocycles. The number of hydrogen-bond acceptors (Lipinski definition) is 2. The van der Waals surface area contributed by atoms with Crippen molar-refractivity contribution in [3.05, 3.63) is 60.2 Å². The van der Waals surface area contributed by atoms with Gasteiger partial charge in [0.05, 0.1) is 5.92 Å². The molecule has 4 nitrogen and oxygen atoms in total. The third-order valence-electron chi connectivity index (χ3n) is 4.60. The van der Waals surface area contributed by atoms with Crippen LogP contribution in [0.25, 0.3) is 0 Å². The SMILES string of the molecule is CCc1ccc(N2CC(C(=O)N(C)c3ccccc3)CC2=O)cc1. The molecule has 3 rings (SSSR count). The first-order chi connectivity index (χ1) is 11.6. The van der Waals surface area contributed by atoms with E-state index in [0.29, 0.717) is 6.54 Å². The van der Waals surface area contributed by atoms with Gasteiger partial charge in [-0.2, -0.15) is 0 Å². The van der Waals surface area contributed by atoms with Gasteiger partial charge in [-0.3, -0.25) is 9.59 Å². The topological polar surface area (TPSA) is 40.6 Å². The van der Waals surface area contributed by atoms with E-state index < -0.39 is 0 Å². The molecule has 2 amide bonds. The van der Waals surface area contributed by atoms with Gasteiger partial charge >= 0.3 is 0 Å². The highest BCUT2D eigenvalue weighted by Crippen LogP contribution is 2.27. The third-order valence-corrected chi connectivity index (χ3v) is 4.60. The van der Waals surface area contributed by atoms with E-state index in [9.17, 15) is 9.59 Å². The normalized spacial score (nSPS) is 17.2. The van der Waals surface area contributed by atoms with Crippen LogP contribution in [0.15, 0.2) is 54.6 Å². The van der Waals surface area contributed by atoms with Gasteiger partial charge < -0.3 is 9.80 Å². The first kappa shape index (κ1) is 16.2. The molecule has 124 valence electrons. The quantitative estimate of drug-likeness (QED) is 0.867. The predicted molar refractivity (Wildman–Crippen MR) is 96.1 cm³/mol. The van der Waals surface area contributed by atoms with Crippen LogP contribution in [0.3, 0.4) is 0 Å². The summed E-state index contributed by atoms with van der Waals surface area (Å²) in [5, 5.41) is 0. The van der Waals surface area contributed by atoms with Crippen molar-refractivity contribution in [2.75, 3.05) is 23.4 Å². The van der Waals surface area contributed by atoms with E-state index >= 15 is 0 Å². The molecule has 0 aliphatic carbocycles. The van der Waals surface area contributed by atoms with Crippen molar-refractivity contribution in [1.29, 1.82) is 0 Å². The Hall–Kier alpha value is -2.62. The van der Waals surface area contributed by atoms with Crippen molar-refractivity contribution in [3.8, 4) is 0 Å². The number of anilines is 2. The number of rotatable bonds is 4. The maximum absolute atomic E-state index is 12.7. The first-order valence-electron chi connectivity index (χ1n) is 8.32. The zero-order valence-corrected chi connectivity index (χ0v) is 14.1. The summed E-state index contributed by atoms with van der Waals surface area (Å²) in [5.41, 5.74) is 2.96. The lowest BCUT2D eigenvalue weighted by molar-refractivity contribution is -0.124. The molecule has 4 heteroatoms. The van der Waals surface area contributed by atoms with Gasteiger partial charge in [-0.25, -0.2) is 0 Å². The molecule has 1 saturated heterocycles. The second-order valence-corrected chi connectivity index (χ2v) is 6.16. The summed E-state index contributed by atoms with van der Waals surface area (Å²) < 4.78 is 0. The van der Waals surface area contributed by atoms with E-state index in [1.165, 1.54) is 5.56 Å². The Labute approximate surface area is 142 Å². The summed E-state index contributed by atoms with van der Waals surface area (Å²) in [4.78, 5) is 28.4. The fourth-order valence-electron chi connectivity index (χ4n) is 3.09. The van der Waals surface area contributed by atoms with Crippen LogP contribution < -0.4 is 9.80 Å². The van der Waals surface area contributed by atoms with E-state index in [2.05, 4.69) is 6.92 Å². The molecule has 1 heterocycles. The van der Waals surface area contributed by atoms with E-state index in [-0.39, 0.29) is 24.2 Å². The molecule has 1 unspecified atom stereocenters. The van der Waals surface area contributed by atoms with Crippen LogP contribution >= 0.6 is 0 Å². The lowest BCUT2D eigenvalue weighted by Crippen LogP contribution is -2.34. The summed E-state index contributed by atoms with van der Waals surface area (Å²) in [6.07, 6.45) is 1.24. The van der Waals surface area contributed by atoms with Crippen LogP contribution in [0.1, 0.15) is 18.9 Å². The molecule has 0 bridgehead atoms. The van der Waals surface area contributed by atoms with Crippen LogP contribution in [0, 0.1) is 5.92 Å². The molecule has 0 radical (unpaired) electrons. The maximum Gasteiger partial charge on any atom is 0.232 e. The van der Waals surface area contributed by atoms with E-state index in [1.54, 1.807) is 16.8 Å². The number of amides is 2. The molecular formula is C20H22N2O2. The van der Waals surface area contributed by atoms with Gasteiger partial charge in [-0.05, 0) is 36.2 Å². The molecular weight excluding hydrogens is 300 g/mol. The third kappa shape index (κ3) is 3.18. The highest BCUT2D eigenvalue weighted by molar-refractivity contribution is 6.04. The summed E-state index contributed by atoms with van der Waals surface area (Å²) in [7, 11) is 1.76. The molecule has 0 saturated carbocycles. The van der Waals surface area contributed by atoms with Crippen LogP contribution in [0.2, 0.25) is 0 Å². The minimum Gasteiger partial charge on any atom is -0.315 e. The summed E-state index contributed by atoms with van der Waals surface area (Å²) >= 11 is 0. The molecule has 0 N–H and O–H groups in total. The van der Waals surface area contributed by atoms with Crippen LogP contribution in [0.5, 0.6) is 0 Å². The Morgan fingerprint density at radius 2 is 1.79 bits per heavy atom. The Morgan fingerprint density at radius 3 is 2.42 bits per heavy atom. The van der Waals surface area contributed by atoms with Gasteiger partial charge in [-0.15, -0.1) is 0 Å². The van der Waals surface area contributed by atoms with Crippen molar-refractivity contribution < 1.29 is 9.59 Å². The Bertz CT molecular complexity index is 725. The maximum atomic E-state index is 12.7. The van der Waals surface area contributed by atoms with Gasteiger partial charge in [0.1, 0.15) is 0 Å². The molecule has 1 aliphatic rings. The Balaban J connectivity index is 1.73. The van der Waals surface area contributed by atoms with Gasteiger partial charge in [0.2, 0.25) is 11.8 Å². The first-order valence-corrected chi connectivity index (χ1v) is 8.32. The fraction of sp³-hybridized carbons (Fsp3) is 0.300. The number of para-hydroxylation sites is 1. The van der Waals surface area contributed by atoms with Gasteiger partial charge in [0.25, 0.3) is 0 Å². The average Bonchev–Trinajstić information content (AvgIpc) is 3.03. The monoisotopic (exact) mass is 322 g/mol. The predicted octanol–water partition coefficient (Wildman–Crippen LogP) is 3.26. The molecule has 1 atom stereocenters. The number of aryl methyl sites for hydroxylation is 1. The number of hydrogen-bond donors (Lipinski definition) is 0. The number of nitrogens with zero attached hydrogens (tertiary/aromatic N) is 2. The second kappa shape index (κ2) is 6.87. The van der Waals surface area contributed by atoms with Gasteiger partial charge in [0.15, 0.2) is 0 Å². The molecule has 24 heavy (non-hydrogen) atoms. The standard InChI is InChI=1S/C20H22N2O2/c1-3-15-9-11-18(12-10-15)22-14-16(13-19(22)23)20(24)21(2)17-7-5-4-6-8-17/h4-12,16H,3,13-14H2,1-2H3. The van der Waals surface area contributed by atoms with Crippen molar-refractivity contribution in [1.82, 2.24) is 0 Å². The smallest absolute Gasteiger partial charge is 0.232 e. The number of carbonyl (C=O) groups is 2. The van der Waals surface area contributed by atoms with Crippen LogP contribution in [-0.4, -0.2) is 25.4 Å². The lowest BCUT2D eigenvalue weighted by atomic mass is 10.1. The Morgan fingerprint density at radius 1 is 1.12 bits per heavy atom. The highest BCUT2D eigenvalue weighted by atomic mass is 16.2. The van der Waals surface area contributed by atoms with E-state index in [1.807, 2.05) is 54.6 Å². The van der Waals surface area contributed by atoms with Crippen molar-refractivity contribution in [2.45, 2.75) is 19.8 Å². The fourth-order valence-corrected chi connectivity index (χ4v) is 3.09.